The van der Waals surface area contributed by atoms with Gasteiger partial charge in [-0.2, -0.15) is 0 Å². The lowest BCUT2D eigenvalue weighted by Crippen LogP contribution is -2.55. The quantitative estimate of drug-likeness (QED) is 0.392. The summed E-state index contributed by atoms with van der Waals surface area (Å²) < 4.78 is 5.26. The molecule has 190 valence electrons. The molecule has 0 bridgehead atoms. The second-order valence-electron chi connectivity index (χ2n) is 9.85. The van der Waals surface area contributed by atoms with Gasteiger partial charge in [0.15, 0.2) is 0 Å². The smallest absolute Gasteiger partial charge is 0.326 e. The normalized spacial score (nSPS) is 18.0. The van der Waals surface area contributed by atoms with E-state index in [1.54, 1.807) is 7.11 Å². The van der Waals surface area contributed by atoms with Gasteiger partial charge in [-0.1, -0.05) is 24.3 Å². The maximum atomic E-state index is 13.6. The Morgan fingerprint density at radius 3 is 2.54 bits per heavy atom. The third-order valence-corrected chi connectivity index (χ3v) is 7.68. The van der Waals surface area contributed by atoms with Gasteiger partial charge in [-0.15, -0.1) is 0 Å². The summed E-state index contributed by atoms with van der Waals surface area (Å²) in [5, 5.41) is 4.39. The molecule has 0 radical (unpaired) electrons. The number of benzene rings is 3. The Hall–Kier alpha value is -3.97. The van der Waals surface area contributed by atoms with Crippen molar-refractivity contribution in [3.05, 3.63) is 84.6 Å². The minimum Gasteiger partial charge on any atom is -0.497 e. The monoisotopic (exact) mass is 495 g/mol. The number of aryl methyl sites for hydroxylation is 1. The number of hydrogen-bond donors (Lipinski definition) is 2. The highest BCUT2D eigenvalue weighted by Crippen LogP contribution is 2.33. The van der Waals surface area contributed by atoms with Crippen LogP contribution in [0.5, 0.6) is 5.75 Å². The van der Waals surface area contributed by atoms with Gasteiger partial charge in [0.25, 0.3) is 0 Å². The summed E-state index contributed by atoms with van der Waals surface area (Å²) in [6, 6.07) is 24.5. The van der Waals surface area contributed by atoms with Crippen LogP contribution < -0.4 is 19.9 Å². The Morgan fingerprint density at radius 2 is 1.73 bits per heavy atom. The molecule has 1 saturated heterocycles. The zero-order valence-corrected chi connectivity index (χ0v) is 21.2. The van der Waals surface area contributed by atoms with Crippen molar-refractivity contribution in [2.75, 3.05) is 55.0 Å². The molecular formula is C30H33N5O2. The van der Waals surface area contributed by atoms with Crippen LogP contribution in [0.15, 0.2) is 79.0 Å². The number of para-hydroxylation sites is 1. The number of amides is 2. The van der Waals surface area contributed by atoms with E-state index in [0.29, 0.717) is 0 Å². The Morgan fingerprint density at radius 1 is 0.946 bits per heavy atom. The molecule has 1 atom stereocenters. The van der Waals surface area contributed by atoms with Gasteiger partial charge in [0.1, 0.15) is 5.75 Å². The van der Waals surface area contributed by atoms with E-state index >= 15 is 0 Å². The summed E-state index contributed by atoms with van der Waals surface area (Å²) >= 11 is 0. The van der Waals surface area contributed by atoms with Gasteiger partial charge >= 0.3 is 6.03 Å². The lowest BCUT2D eigenvalue weighted by Gasteiger charge is -2.42. The van der Waals surface area contributed by atoms with Crippen molar-refractivity contribution in [1.82, 2.24) is 9.88 Å². The molecule has 2 N–H and O–H groups in total. The number of fused-ring (bicyclic) bond motifs is 2. The van der Waals surface area contributed by atoms with Crippen LogP contribution >= 0.6 is 0 Å². The van der Waals surface area contributed by atoms with Gasteiger partial charge in [-0.25, -0.2) is 4.79 Å². The molecule has 7 heteroatoms. The van der Waals surface area contributed by atoms with Crippen LogP contribution in [0.4, 0.5) is 21.9 Å². The number of carbonyl (C=O) groups excluding carboxylic acids is 1. The third kappa shape index (κ3) is 4.74. The van der Waals surface area contributed by atoms with E-state index in [1.165, 1.54) is 22.2 Å². The minimum atomic E-state index is -0.0833. The first kappa shape index (κ1) is 23.4. The molecule has 6 rings (SSSR count). The van der Waals surface area contributed by atoms with Gasteiger partial charge in [0, 0.05) is 66.9 Å². The van der Waals surface area contributed by atoms with Gasteiger partial charge in [-0.3, -0.25) is 9.80 Å². The maximum absolute atomic E-state index is 13.6. The Balaban J connectivity index is 1.16. The number of hydrogen-bond acceptors (Lipinski definition) is 4. The van der Waals surface area contributed by atoms with Crippen molar-refractivity contribution < 1.29 is 9.53 Å². The van der Waals surface area contributed by atoms with Crippen molar-refractivity contribution in [2.45, 2.75) is 18.9 Å². The third-order valence-electron chi connectivity index (χ3n) is 7.68. The minimum absolute atomic E-state index is 0.0833. The Kier molecular flexibility index (Phi) is 6.45. The molecule has 0 aliphatic carbocycles. The van der Waals surface area contributed by atoms with Crippen molar-refractivity contribution in [3.8, 4) is 5.75 Å². The zero-order valence-electron chi connectivity index (χ0n) is 21.2. The van der Waals surface area contributed by atoms with Crippen LogP contribution in [0.3, 0.4) is 0 Å². The number of H-pyrrole nitrogens is 1. The molecule has 1 unspecified atom stereocenters. The summed E-state index contributed by atoms with van der Waals surface area (Å²) in [7, 11) is 1.64. The first-order valence-electron chi connectivity index (χ1n) is 13.1. The lowest BCUT2D eigenvalue weighted by atomic mass is 9.95. The Labute approximate surface area is 217 Å². The molecule has 2 aliphatic heterocycles. The summed E-state index contributed by atoms with van der Waals surface area (Å²) in [6.07, 6.45) is 3.95. The molecule has 4 aromatic rings. The molecule has 0 spiro atoms. The van der Waals surface area contributed by atoms with Gasteiger partial charge in [0.2, 0.25) is 0 Å². The summed E-state index contributed by atoms with van der Waals surface area (Å²) in [6.45, 7) is 4.78. The number of urea groups is 1. The molecule has 2 amide bonds. The number of nitrogens with one attached hydrogen (secondary N) is 2. The highest BCUT2D eigenvalue weighted by molar-refractivity contribution is 6.03. The van der Waals surface area contributed by atoms with E-state index in [0.717, 1.165) is 62.7 Å². The molecule has 3 aromatic carbocycles. The van der Waals surface area contributed by atoms with Crippen molar-refractivity contribution in [1.29, 1.82) is 0 Å². The van der Waals surface area contributed by atoms with Crippen LogP contribution in [-0.4, -0.2) is 61.8 Å². The number of aromatic nitrogens is 1. The van der Waals surface area contributed by atoms with E-state index in [1.807, 2.05) is 41.4 Å². The van der Waals surface area contributed by atoms with Gasteiger partial charge in [-0.05, 0) is 66.9 Å². The van der Waals surface area contributed by atoms with Crippen LogP contribution in [0.25, 0.3) is 10.9 Å². The fourth-order valence-corrected chi connectivity index (χ4v) is 5.73. The number of nitrogens with zero attached hydrogens (tertiary/aromatic N) is 3. The predicted molar refractivity (Wildman–Crippen MR) is 150 cm³/mol. The molecule has 1 fully saturated rings. The standard InChI is InChI=1S/C30H33N5O2/c1-37-25-13-10-23(11-14-25)32-30(36)35-24(12-9-22-5-2-3-7-28(22)35)21-33-17-19-34(20-18-33)29-8-4-6-27-26(29)15-16-31-27/h2-8,10-11,13-16,24,31H,9,12,17-21H2,1H3,(H,32,36). The van der Waals surface area contributed by atoms with Crippen LogP contribution in [0.2, 0.25) is 0 Å². The summed E-state index contributed by atoms with van der Waals surface area (Å²) in [4.78, 5) is 23.9. The molecule has 7 nitrogen and oxygen atoms in total. The number of anilines is 3. The number of carbonyl (C=O) groups is 1. The second-order valence-corrected chi connectivity index (χ2v) is 9.85. The number of methoxy groups -OCH3 is 1. The highest BCUT2D eigenvalue weighted by atomic mass is 16.5. The average Bonchev–Trinajstić information content (AvgIpc) is 3.43. The van der Waals surface area contributed by atoms with Crippen LogP contribution in [0, 0.1) is 0 Å². The second kappa shape index (κ2) is 10.2. The van der Waals surface area contributed by atoms with Gasteiger partial charge in [0.05, 0.1) is 13.2 Å². The fourth-order valence-electron chi connectivity index (χ4n) is 5.73. The Bertz CT molecular complexity index is 1370. The first-order valence-corrected chi connectivity index (χ1v) is 13.1. The number of aromatic amines is 1. The number of rotatable bonds is 5. The molecule has 37 heavy (non-hydrogen) atoms. The van der Waals surface area contributed by atoms with Crippen molar-refractivity contribution in [3.63, 3.8) is 0 Å². The van der Waals surface area contributed by atoms with E-state index in [9.17, 15) is 4.79 Å². The summed E-state index contributed by atoms with van der Waals surface area (Å²) in [5.74, 6) is 0.770. The lowest BCUT2D eigenvalue weighted by molar-refractivity contribution is 0.225. The van der Waals surface area contributed by atoms with E-state index in [-0.39, 0.29) is 12.1 Å². The number of piperazine rings is 1. The molecule has 3 heterocycles. The largest absolute Gasteiger partial charge is 0.497 e. The predicted octanol–water partition coefficient (Wildman–Crippen LogP) is 5.35. The fraction of sp³-hybridized carbons (Fsp3) is 0.300. The van der Waals surface area contributed by atoms with E-state index < -0.39 is 0 Å². The average molecular weight is 496 g/mol. The zero-order chi connectivity index (χ0) is 25.2. The topological polar surface area (TPSA) is 63.8 Å². The molecular weight excluding hydrogens is 462 g/mol. The SMILES string of the molecule is COc1ccc(NC(=O)N2c3ccccc3CCC2CN2CCN(c3cccc4[nH]ccc34)CC2)cc1. The van der Waals surface area contributed by atoms with Gasteiger partial charge < -0.3 is 19.9 Å². The highest BCUT2D eigenvalue weighted by Gasteiger charge is 2.33. The van der Waals surface area contributed by atoms with E-state index in [4.69, 9.17) is 4.74 Å². The molecule has 0 saturated carbocycles. The van der Waals surface area contributed by atoms with Crippen molar-refractivity contribution >= 4 is 34.0 Å². The molecule has 2 aliphatic rings. The van der Waals surface area contributed by atoms with Crippen LogP contribution in [-0.2, 0) is 6.42 Å². The van der Waals surface area contributed by atoms with E-state index in [2.05, 4.69) is 62.6 Å². The van der Waals surface area contributed by atoms with Crippen molar-refractivity contribution in [2.24, 2.45) is 0 Å². The van der Waals surface area contributed by atoms with Crippen LogP contribution in [0.1, 0.15) is 12.0 Å². The maximum Gasteiger partial charge on any atom is 0.326 e. The summed E-state index contributed by atoms with van der Waals surface area (Å²) in [5.41, 5.74) is 5.49. The molecule has 1 aromatic heterocycles. The number of ether oxygens (including phenoxy) is 1. The first-order chi connectivity index (χ1) is 18.2.